The van der Waals surface area contributed by atoms with E-state index in [9.17, 15) is 4.79 Å². The molecule has 0 aliphatic carbocycles. The van der Waals surface area contributed by atoms with Crippen LogP contribution in [0.4, 0.5) is 4.79 Å². The lowest BCUT2D eigenvalue weighted by Gasteiger charge is -2.31. The van der Waals surface area contributed by atoms with Gasteiger partial charge in [-0.2, -0.15) is 10.1 Å². The van der Waals surface area contributed by atoms with Crippen molar-refractivity contribution in [3.05, 3.63) is 29.7 Å². The second kappa shape index (κ2) is 5.94. The number of urea groups is 1. The topological polar surface area (TPSA) is 99.9 Å². The maximum absolute atomic E-state index is 12.2. The van der Waals surface area contributed by atoms with Crippen LogP contribution in [0.15, 0.2) is 16.8 Å². The van der Waals surface area contributed by atoms with Gasteiger partial charge in [-0.25, -0.2) is 4.79 Å². The van der Waals surface area contributed by atoms with Crippen molar-refractivity contribution in [1.29, 1.82) is 0 Å². The summed E-state index contributed by atoms with van der Waals surface area (Å²) in [5.74, 6) is 1.38. The van der Waals surface area contributed by atoms with E-state index in [2.05, 4.69) is 25.7 Å². The van der Waals surface area contributed by atoms with Crippen molar-refractivity contribution < 1.29 is 9.32 Å². The Morgan fingerprint density at radius 1 is 1.62 bits per heavy atom. The Morgan fingerprint density at radius 3 is 3.24 bits per heavy atom. The average molecular weight is 290 g/mol. The van der Waals surface area contributed by atoms with Gasteiger partial charge in [0, 0.05) is 19.3 Å². The molecule has 8 nitrogen and oxygen atoms in total. The molecule has 8 heteroatoms. The normalized spacial score (nSPS) is 18.7. The summed E-state index contributed by atoms with van der Waals surface area (Å²) in [4.78, 5) is 18.3. The van der Waals surface area contributed by atoms with Crippen molar-refractivity contribution in [3.8, 4) is 0 Å². The van der Waals surface area contributed by atoms with Gasteiger partial charge in [-0.1, -0.05) is 5.16 Å². The van der Waals surface area contributed by atoms with Gasteiger partial charge in [-0.3, -0.25) is 5.10 Å². The van der Waals surface area contributed by atoms with Crippen LogP contribution in [0, 0.1) is 6.92 Å². The summed E-state index contributed by atoms with van der Waals surface area (Å²) in [5.41, 5.74) is 0.879. The minimum Gasteiger partial charge on any atom is -0.339 e. The smallest absolute Gasteiger partial charge is 0.317 e. The number of H-pyrrole nitrogens is 1. The number of nitrogens with zero attached hydrogens (tertiary/aromatic N) is 4. The lowest BCUT2D eigenvalue weighted by molar-refractivity contribution is 0.171. The lowest BCUT2D eigenvalue weighted by atomic mass is 9.98. The number of aromatic nitrogens is 4. The van der Waals surface area contributed by atoms with Gasteiger partial charge in [0.05, 0.1) is 18.2 Å². The monoisotopic (exact) mass is 290 g/mol. The summed E-state index contributed by atoms with van der Waals surface area (Å²) in [7, 11) is 0. The number of rotatable bonds is 3. The summed E-state index contributed by atoms with van der Waals surface area (Å²) in [5, 5.41) is 13.4. The zero-order valence-corrected chi connectivity index (χ0v) is 11.9. The molecule has 0 bridgehead atoms. The van der Waals surface area contributed by atoms with Crippen molar-refractivity contribution >= 4 is 6.03 Å². The van der Waals surface area contributed by atoms with Crippen LogP contribution in [0.5, 0.6) is 0 Å². The number of likely N-dealkylation sites (tertiary alicyclic amines) is 1. The minimum absolute atomic E-state index is 0.0782. The van der Waals surface area contributed by atoms with Crippen molar-refractivity contribution in [1.82, 2.24) is 30.6 Å². The van der Waals surface area contributed by atoms with E-state index in [-0.39, 0.29) is 11.9 Å². The van der Waals surface area contributed by atoms with Gasteiger partial charge in [0.1, 0.15) is 0 Å². The van der Waals surface area contributed by atoms with E-state index >= 15 is 0 Å². The Hall–Kier alpha value is -2.38. The molecule has 1 saturated heterocycles. The Balaban J connectivity index is 1.56. The number of hydrogen-bond donors (Lipinski definition) is 2. The molecule has 3 rings (SSSR count). The Kier molecular flexibility index (Phi) is 3.85. The molecule has 1 aliphatic rings. The number of carbonyl (C=O) groups excluding carboxylic acids is 1. The van der Waals surface area contributed by atoms with Crippen LogP contribution in [0.1, 0.15) is 36.2 Å². The first-order chi connectivity index (χ1) is 10.2. The maximum atomic E-state index is 12.2. The zero-order valence-electron chi connectivity index (χ0n) is 11.9. The van der Waals surface area contributed by atoms with Crippen LogP contribution in [0.2, 0.25) is 0 Å². The third kappa shape index (κ3) is 3.21. The van der Waals surface area contributed by atoms with Crippen molar-refractivity contribution in [2.75, 3.05) is 13.1 Å². The molecule has 1 fully saturated rings. The van der Waals surface area contributed by atoms with Gasteiger partial charge in [0.15, 0.2) is 5.82 Å². The fourth-order valence-corrected chi connectivity index (χ4v) is 2.51. The molecule has 0 radical (unpaired) electrons. The van der Waals surface area contributed by atoms with Crippen LogP contribution in [0.3, 0.4) is 0 Å². The highest BCUT2D eigenvalue weighted by Gasteiger charge is 2.28. The summed E-state index contributed by atoms with van der Waals surface area (Å²) in [6.45, 7) is 3.60. The standard InChI is InChI=1S/C13H18N6O2/c1-9-16-12(21-18-9)10-3-2-6-19(8-10)13(20)14-7-11-4-5-15-17-11/h4-5,10H,2-3,6-8H2,1H3,(H,14,20)(H,15,17). The van der Waals surface area contributed by atoms with Crippen LogP contribution < -0.4 is 5.32 Å². The lowest BCUT2D eigenvalue weighted by Crippen LogP contribution is -2.44. The van der Waals surface area contributed by atoms with E-state index in [0.717, 1.165) is 25.1 Å². The molecule has 2 N–H and O–H groups in total. The first-order valence-corrected chi connectivity index (χ1v) is 7.03. The Bertz CT molecular complexity index is 594. The molecule has 112 valence electrons. The number of aryl methyl sites for hydroxylation is 1. The number of nitrogens with one attached hydrogen (secondary N) is 2. The molecular weight excluding hydrogens is 272 g/mol. The highest BCUT2D eigenvalue weighted by Crippen LogP contribution is 2.25. The van der Waals surface area contributed by atoms with E-state index in [1.807, 2.05) is 6.07 Å². The van der Waals surface area contributed by atoms with E-state index in [4.69, 9.17) is 4.52 Å². The molecule has 2 aromatic heterocycles. The molecule has 21 heavy (non-hydrogen) atoms. The van der Waals surface area contributed by atoms with Gasteiger partial charge in [0.25, 0.3) is 0 Å². The molecule has 0 saturated carbocycles. The van der Waals surface area contributed by atoms with Gasteiger partial charge in [0.2, 0.25) is 5.89 Å². The van der Waals surface area contributed by atoms with E-state index in [1.54, 1.807) is 18.0 Å². The molecule has 1 atom stereocenters. The predicted octanol–water partition coefficient (Wildman–Crippen LogP) is 1.19. The minimum atomic E-state index is -0.0782. The van der Waals surface area contributed by atoms with Gasteiger partial charge < -0.3 is 14.7 Å². The highest BCUT2D eigenvalue weighted by molar-refractivity contribution is 5.74. The largest absolute Gasteiger partial charge is 0.339 e. The van der Waals surface area contributed by atoms with Gasteiger partial charge in [-0.05, 0) is 25.8 Å². The average Bonchev–Trinajstić information content (AvgIpc) is 3.16. The molecular formula is C13H18N6O2. The zero-order chi connectivity index (χ0) is 14.7. The second-order valence-electron chi connectivity index (χ2n) is 5.21. The van der Waals surface area contributed by atoms with Crippen molar-refractivity contribution in [2.45, 2.75) is 32.2 Å². The van der Waals surface area contributed by atoms with Gasteiger partial charge in [-0.15, -0.1) is 0 Å². The first-order valence-electron chi connectivity index (χ1n) is 7.03. The van der Waals surface area contributed by atoms with Crippen LogP contribution in [-0.4, -0.2) is 44.4 Å². The predicted molar refractivity (Wildman–Crippen MR) is 73.4 cm³/mol. The summed E-state index contributed by atoms with van der Waals surface area (Å²) in [6.07, 6.45) is 3.56. The third-order valence-corrected chi connectivity index (χ3v) is 3.59. The van der Waals surface area contributed by atoms with Crippen molar-refractivity contribution in [2.24, 2.45) is 0 Å². The quantitative estimate of drug-likeness (QED) is 0.884. The van der Waals surface area contributed by atoms with E-state index in [1.165, 1.54) is 0 Å². The fraction of sp³-hybridized carbons (Fsp3) is 0.538. The SMILES string of the molecule is Cc1noc(C2CCCN(C(=O)NCc3ccn[nH]3)C2)n1. The van der Waals surface area contributed by atoms with E-state index in [0.29, 0.717) is 24.8 Å². The van der Waals surface area contributed by atoms with Crippen LogP contribution in [-0.2, 0) is 6.54 Å². The molecule has 3 heterocycles. The number of piperidine rings is 1. The molecule has 0 spiro atoms. The molecule has 2 amide bonds. The van der Waals surface area contributed by atoms with Crippen LogP contribution >= 0.6 is 0 Å². The number of aromatic amines is 1. The van der Waals surface area contributed by atoms with Crippen LogP contribution in [0.25, 0.3) is 0 Å². The first kappa shape index (κ1) is 13.6. The number of hydrogen-bond acceptors (Lipinski definition) is 5. The van der Waals surface area contributed by atoms with E-state index < -0.39 is 0 Å². The highest BCUT2D eigenvalue weighted by atomic mass is 16.5. The molecule has 1 aliphatic heterocycles. The summed E-state index contributed by atoms with van der Waals surface area (Å²) in [6, 6.07) is 1.76. The Labute approximate surface area is 121 Å². The number of amides is 2. The second-order valence-corrected chi connectivity index (χ2v) is 5.21. The summed E-state index contributed by atoms with van der Waals surface area (Å²) < 4.78 is 5.22. The molecule has 0 aromatic carbocycles. The third-order valence-electron chi connectivity index (χ3n) is 3.59. The number of carbonyl (C=O) groups is 1. The van der Waals surface area contributed by atoms with Crippen molar-refractivity contribution in [3.63, 3.8) is 0 Å². The molecule has 1 unspecified atom stereocenters. The van der Waals surface area contributed by atoms with Gasteiger partial charge >= 0.3 is 6.03 Å². The maximum Gasteiger partial charge on any atom is 0.317 e. The summed E-state index contributed by atoms with van der Waals surface area (Å²) >= 11 is 0. The Morgan fingerprint density at radius 2 is 2.52 bits per heavy atom. The molecule has 2 aromatic rings. The fourth-order valence-electron chi connectivity index (χ4n) is 2.51.